The number of ketones is 1. The Bertz CT molecular complexity index is 883. The molecule has 0 aliphatic heterocycles. The van der Waals surface area contributed by atoms with Crippen molar-refractivity contribution in [2.75, 3.05) is 0 Å². The second-order valence-corrected chi connectivity index (χ2v) is 5.98. The molecule has 1 heterocycles. The van der Waals surface area contributed by atoms with Gasteiger partial charge in [-0.1, -0.05) is 41.9 Å². The van der Waals surface area contributed by atoms with Gasteiger partial charge < -0.3 is 9.72 Å². The molecule has 1 N–H and O–H groups in total. The summed E-state index contributed by atoms with van der Waals surface area (Å²) in [5.41, 5.74) is 2.19. The number of halogens is 1. The molecule has 0 saturated heterocycles. The topological polar surface area (TPSA) is 59.2 Å². The van der Waals surface area contributed by atoms with E-state index in [0.717, 1.165) is 16.5 Å². The van der Waals surface area contributed by atoms with Gasteiger partial charge in [0.1, 0.15) is 0 Å². The normalized spacial score (nSPS) is 12.1. The minimum absolute atomic E-state index is 0.0999. The van der Waals surface area contributed by atoms with Crippen molar-refractivity contribution in [1.29, 1.82) is 0 Å². The lowest BCUT2D eigenvalue weighted by Crippen LogP contribution is -2.25. The molecule has 0 aliphatic rings. The molecule has 1 atom stereocenters. The zero-order valence-electron chi connectivity index (χ0n) is 13.1. The molecule has 0 saturated carbocycles. The fraction of sp³-hybridized carbons (Fsp3) is 0.158. The first-order chi connectivity index (χ1) is 11.5. The second-order valence-electron chi connectivity index (χ2n) is 5.55. The summed E-state index contributed by atoms with van der Waals surface area (Å²) < 4.78 is 5.28. The Morgan fingerprint density at radius 1 is 1.12 bits per heavy atom. The number of nitrogens with one attached hydrogen (secondary N) is 1. The summed E-state index contributed by atoms with van der Waals surface area (Å²) in [6.07, 6.45) is 0.906. The number of hydrogen-bond donors (Lipinski definition) is 1. The van der Waals surface area contributed by atoms with Gasteiger partial charge in [0.25, 0.3) is 0 Å². The Hall–Kier alpha value is -2.59. The average Bonchev–Trinajstić information content (AvgIpc) is 3.00. The fourth-order valence-electron chi connectivity index (χ4n) is 2.56. The van der Waals surface area contributed by atoms with E-state index in [1.54, 1.807) is 37.4 Å². The maximum atomic E-state index is 12.5. The number of ether oxygens (including phenoxy) is 1. The van der Waals surface area contributed by atoms with Crippen LogP contribution < -0.4 is 0 Å². The number of hydrogen-bond acceptors (Lipinski definition) is 3. The lowest BCUT2D eigenvalue weighted by molar-refractivity contribution is -0.145. The van der Waals surface area contributed by atoms with Crippen LogP contribution in [0.5, 0.6) is 0 Å². The van der Waals surface area contributed by atoms with Gasteiger partial charge in [-0.2, -0.15) is 0 Å². The van der Waals surface area contributed by atoms with E-state index in [1.165, 1.54) is 0 Å². The van der Waals surface area contributed by atoms with Crippen LogP contribution >= 0.6 is 11.6 Å². The molecular weight excluding hydrogens is 326 g/mol. The van der Waals surface area contributed by atoms with Crippen LogP contribution in [0.1, 0.15) is 22.8 Å². The predicted octanol–water partition coefficient (Wildman–Crippen LogP) is 4.18. The highest BCUT2D eigenvalue weighted by molar-refractivity contribution is 6.30. The first kappa shape index (κ1) is 16.3. The molecule has 1 aromatic heterocycles. The molecule has 24 heavy (non-hydrogen) atoms. The van der Waals surface area contributed by atoms with Crippen LogP contribution in [0.2, 0.25) is 5.02 Å². The molecule has 0 aliphatic carbocycles. The Morgan fingerprint density at radius 2 is 1.83 bits per heavy atom. The first-order valence-corrected chi connectivity index (χ1v) is 7.96. The highest BCUT2D eigenvalue weighted by Gasteiger charge is 2.22. The monoisotopic (exact) mass is 341 g/mol. The summed E-state index contributed by atoms with van der Waals surface area (Å²) in [7, 11) is 0. The van der Waals surface area contributed by atoms with Crippen LogP contribution in [0.4, 0.5) is 0 Å². The van der Waals surface area contributed by atoms with Crippen LogP contribution in [-0.2, 0) is 16.0 Å². The molecule has 0 fully saturated rings. The summed E-state index contributed by atoms with van der Waals surface area (Å²) in [5, 5.41) is 1.43. The number of aromatic amines is 1. The lowest BCUT2D eigenvalue weighted by Gasteiger charge is -2.12. The SMILES string of the molecule is C[C@@H](OC(=O)Cc1ccc(Cl)cc1)C(=O)c1c[nH]c2ccccc12. The van der Waals surface area contributed by atoms with Gasteiger partial charge in [-0.15, -0.1) is 0 Å². The van der Waals surface area contributed by atoms with Crippen LogP contribution in [0.15, 0.2) is 54.7 Å². The van der Waals surface area contributed by atoms with Crippen molar-refractivity contribution < 1.29 is 14.3 Å². The van der Waals surface area contributed by atoms with Crippen molar-refractivity contribution in [3.63, 3.8) is 0 Å². The zero-order chi connectivity index (χ0) is 17.1. The third-order valence-electron chi connectivity index (χ3n) is 3.79. The van der Waals surface area contributed by atoms with Crippen LogP contribution in [0.25, 0.3) is 10.9 Å². The third-order valence-corrected chi connectivity index (χ3v) is 4.05. The Kier molecular flexibility index (Phi) is 4.67. The van der Waals surface area contributed by atoms with Crippen molar-refractivity contribution in [3.8, 4) is 0 Å². The molecule has 5 heteroatoms. The average molecular weight is 342 g/mol. The number of Topliss-reactive ketones (excluding diaryl/α,β-unsaturated/α-hetero) is 1. The van der Waals surface area contributed by atoms with Gasteiger partial charge >= 0.3 is 5.97 Å². The van der Waals surface area contributed by atoms with Gasteiger partial charge in [-0.05, 0) is 30.7 Å². The predicted molar refractivity (Wildman–Crippen MR) is 93.3 cm³/mol. The molecule has 4 nitrogen and oxygen atoms in total. The number of H-pyrrole nitrogens is 1. The summed E-state index contributed by atoms with van der Waals surface area (Å²) in [6, 6.07) is 14.5. The van der Waals surface area contributed by atoms with E-state index in [-0.39, 0.29) is 12.2 Å². The smallest absolute Gasteiger partial charge is 0.310 e. The standard InChI is InChI=1S/C19H16ClNO3/c1-12(24-18(22)10-13-6-8-14(20)9-7-13)19(23)16-11-21-17-5-3-2-4-15(16)17/h2-9,11-12,21H,10H2,1H3/t12-/m1/s1. The molecule has 3 aromatic rings. The highest BCUT2D eigenvalue weighted by Crippen LogP contribution is 2.20. The Balaban J connectivity index is 1.67. The van der Waals surface area contributed by atoms with Gasteiger partial charge in [0.15, 0.2) is 6.10 Å². The summed E-state index contributed by atoms with van der Waals surface area (Å²) >= 11 is 5.82. The number of carbonyl (C=O) groups is 2. The summed E-state index contributed by atoms with van der Waals surface area (Å²) in [4.78, 5) is 27.6. The third kappa shape index (κ3) is 3.49. The van der Waals surface area contributed by atoms with E-state index in [4.69, 9.17) is 16.3 Å². The van der Waals surface area contributed by atoms with Crippen molar-refractivity contribution in [3.05, 3.63) is 70.9 Å². The number of esters is 1. The number of aromatic nitrogens is 1. The van der Waals surface area contributed by atoms with Crippen molar-refractivity contribution in [1.82, 2.24) is 4.98 Å². The Labute approximate surface area is 144 Å². The van der Waals surface area contributed by atoms with Gasteiger partial charge in [0.05, 0.1) is 6.42 Å². The molecule has 0 amide bonds. The number of fused-ring (bicyclic) bond motifs is 1. The number of rotatable bonds is 5. The van der Waals surface area contributed by atoms with Gasteiger partial charge in [0.2, 0.25) is 5.78 Å². The van der Waals surface area contributed by atoms with Gasteiger partial charge in [0, 0.05) is 27.7 Å². The van der Waals surface area contributed by atoms with Crippen molar-refractivity contribution >= 4 is 34.3 Å². The fourth-order valence-corrected chi connectivity index (χ4v) is 2.68. The van der Waals surface area contributed by atoms with Crippen molar-refractivity contribution in [2.24, 2.45) is 0 Å². The van der Waals surface area contributed by atoms with Crippen LogP contribution in [-0.4, -0.2) is 22.8 Å². The minimum atomic E-state index is -0.844. The second kappa shape index (κ2) is 6.89. The highest BCUT2D eigenvalue weighted by atomic mass is 35.5. The summed E-state index contributed by atoms with van der Waals surface area (Å²) in [5.74, 6) is -0.671. The lowest BCUT2D eigenvalue weighted by atomic mass is 10.1. The summed E-state index contributed by atoms with van der Waals surface area (Å²) in [6.45, 7) is 1.59. The number of benzene rings is 2. The quantitative estimate of drug-likeness (QED) is 0.559. The van der Waals surface area contributed by atoms with Gasteiger partial charge in [-0.25, -0.2) is 0 Å². The molecule has 0 unspecified atom stereocenters. The molecular formula is C19H16ClNO3. The van der Waals surface area contributed by atoms with E-state index < -0.39 is 12.1 Å². The van der Waals surface area contributed by atoms with Crippen LogP contribution in [0, 0.1) is 0 Å². The van der Waals surface area contributed by atoms with Crippen LogP contribution in [0.3, 0.4) is 0 Å². The zero-order valence-corrected chi connectivity index (χ0v) is 13.8. The number of carbonyl (C=O) groups excluding carboxylic acids is 2. The van der Waals surface area contributed by atoms with E-state index in [2.05, 4.69) is 4.98 Å². The maximum Gasteiger partial charge on any atom is 0.310 e. The van der Waals surface area contributed by atoms with E-state index in [0.29, 0.717) is 10.6 Å². The molecule has 2 aromatic carbocycles. The molecule has 0 bridgehead atoms. The van der Waals surface area contributed by atoms with E-state index in [1.807, 2.05) is 24.3 Å². The molecule has 0 spiro atoms. The number of para-hydroxylation sites is 1. The van der Waals surface area contributed by atoms with Crippen molar-refractivity contribution in [2.45, 2.75) is 19.4 Å². The van der Waals surface area contributed by atoms with Gasteiger partial charge in [-0.3, -0.25) is 9.59 Å². The van der Waals surface area contributed by atoms with E-state index in [9.17, 15) is 9.59 Å². The molecule has 3 rings (SSSR count). The van der Waals surface area contributed by atoms with E-state index >= 15 is 0 Å². The maximum absolute atomic E-state index is 12.5. The molecule has 122 valence electrons. The molecule has 0 radical (unpaired) electrons. The minimum Gasteiger partial charge on any atom is -0.454 e. The largest absolute Gasteiger partial charge is 0.454 e. The Morgan fingerprint density at radius 3 is 2.58 bits per heavy atom. The first-order valence-electron chi connectivity index (χ1n) is 7.59.